The molecule has 0 saturated carbocycles. The zero-order valence-corrected chi connectivity index (χ0v) is 12.7. The zero-order valence-electron chi connectivity index (χ0n) is 11.1. The molecule has 2 N–H and O–H groups in total. The number of anilines is 1. The minimum atomic E-state index is 0.282. The molecule has 0 aliphatic carbocycles. The first kappa shape index (κ1) is 14.4. The van der Waals surface area contributed by atoms with Gasteiger partial charge in [0.1, 0.15) is 11.9 Å². The molecule has 1 aromatic heterocycles. The van der Waals surface area contributed by atoms with Gasteiger partial charge in [0.2, 0.25) is 0 Å². The summed E-state index contributed by atoms with van der Waals surface area (Å²) >= 11 is 3.37. The van der Waals surface area contributed by atoms with Gasteiger partial charge in [0.05, 0.1) is 12.3 Å². The molecular weight excluding hydrogens is 320 g/mol. The SMILES string of the molecule is CCCCOc1nn(-c2ccc(Br)cc2)c(N)c1C#N. The summed E-state index contributed by atoms with van der Waals surface area (Å²) in [6.07, 6.45) is 1.93. The number of hydrogen-bond donors (Lipinski definition) is 1. The van der Waals surface area contributed by atoms with Crippen molar-refractivity contribution in [3.05, 3.63) is 34.3 Å². The zero-order chi connectivity index (χ0) is 14.5. The largest absolute Gasteiger partial charge is 0.476 e. The van der Waals surface area contributed by atoms with E-state index in [4.69, 9.17) is 10.5 Å². The second kappa shape index (κ2) is 6.44. The number of nitrogen functional groups attached to an aromatic ring is 1. The van der Waals surface area contributed by atoms with Crippen LogP contribution in [0.2, 0.25) is 0 Å². The van der Waals surface area contributed by atoms with Gasteiger partial charge in [-0.2, -0.15) is 5.26 Å². The molecule has 104 valence electrons. The van der Waals surface area contributed by atoms with E-state index < -0.39 is 0 Å². The Hall–Kier alpha value is -2.00. The highest BCUT2D eigenvalue weighted by Gasteiger charge is 2.17. The first-order chi connectivity index (χ1) is 9.67. The average molecular weight is 335 g/mol. The molecule has 1 heterocycles. The molecule has 0 unspecified atom stereocenters. The van der Waals surface area contributed by atoms with Crippen LogP contribution in [0.25, 0.3) is 5.69 Å². The highest BCUT2D eigenvalue weighted by Crippen LogP contribution is 2.26. The number of halogens is 1. The molecule has 0 amide bonds. The Morgan fingerprint density at radius 2 is 2.10 bits per heavy atom. The number of unbranched alkanes of at least 4 members (excludes halogenated alkanes) is 1. The van der Waals surface area contributed by atoms with Crippen molar-refractivity contribution >= 4 is 21.7 Å². The van der Waals surface area contributed by atoms with Crippen LogP contribution in [-0.4, -0.2) is 16.4 Å². The van der Waals surface area contributed by atoms with Gasteiger partial charge >= 0.3 is 0 Å². The molecule has 5 nitrogen and oxygen atoms in total. The molecule has 1 aromatic carbocycles. The van der Waals surface area contributed by atoms with Crippen molar-refractivity contribution in [2.24, 2.45) is 0 Å². The lowest BCUT2D eigenvalue weighted by Crippen LogP contribution is -2.02. The Kier molecular flexibility index (Phi) is 4.64. The summed E-state index contributed by atoms with van der Waals surface area (Å²) in [5, 5.41) is 13.5. The van der Waals surface area contributed by atoms with E-state index in [1.165, 1.54) is 4.68 Å². The quantitative estimate of drug-likeness (QED) is 0.851. The van der Waals surface area contributed by atoms with Crippen LogP contribution in [0.3, 0.4) is 0 Å². The van der Waals surface area contributed by atoms with Gasteiger partial charge < -0.3 is 10.5 Å². The fraction of sp³-hybridized carbons (Fsp3) is 0.286. The molecule has 0 aliphatic rings. The number of rotatable bonds is 5. The number of aromatic nitrogens is 2. The minimum absolute atomic E-state index is 0.282. The molecule has 0 radical (unpaired) electrons. The summed E-state index contributed by atoms with van der Waals surface area (Å²) in [5.74, 6) is 0.586. The summed E-state index contributed by atoms with van der Waals surface area (Å²) in [5.41, 5.74) is 7.04. The predicted octanol–water partition coefficient (Wildman–Crippen LogP) is 3.27. The maximum atomic E-state index is 9.19. The second-order valence-electron chi connectivity index (χ2n) is 4.27. The third-order valence-electron chi connectivity index (χ3n) is 2.81. The Morgan fingerprint density at radius 3 is 2.70 bits per heavy atom. The van der Waals surface area contributed by atoms with Gasteiger partial charge in [-0.1, -0.05) is 29.3 Å². The lowest BCUT2D eigenvalue weighted by atomic mass is 10.3. The van der Waals surface area contributed by atoms with E-state index in [2.05, 4.69) is 28.0 Å². The average Bonchev–Trinajstić information content (AvgIpc) is 2.76. The Balaban J connectivity index is 2.35. The van der Waals surface area contributed by atoms with Crippen molar-refractivity contribution in [1.29, 1.82) is 5.26 Å². The molecule has 2 aromatic rings. The summed E-state index contributed by atoms with van der Waals surface area (Å²) in [6.45, 7) is 2.60. The number of ether oxygens (including phenoxy) is 1. The Labute approximate surface area is 126 Å². The van der Waals surface area contributed by atoms with Gasteiger partial charge in [-0.3, -0.25) is 0 Å². The molecule has 6 heteroatoms. The van der Waals surface area contributed by atoms with E-state index >= 15 is 0 Å². The van der Waals surface area contributed by atoms with Crippen LogP contribution in [0, 0.1) is 11.3 Å². The first-order valence-corrected chi connectivity index (χ1v) is 7.14. The minimum Gasteiger partial charge on any atom is -0.476 e. The highest BCUT2D eigenvalue weighted by molar-refractivity contribution is 9.10. The van der Waals surface area contributed by atoms with Gasteiger partial charge in [0, 0.05) is 4.47 Å². The monoisotopic (exact) mass is 334 g/mol. The topological polar surface area (TPSA) is 76.9 Å². The normalized spacial score (nSPS) is 10.2. The molecule has 0 spiro atoms. The van der Waals surface area contributed by atoms with Crippen molar-refractivity contribution in [3.8, 4) is 17.6 Å². The Bertz CT molecular complexity index is 628. The standard InChI is InChI=1S/C14H15BrN4O/c1-2-3-8-20-14-12(9-16)13(17)19(18-14)11-6-4-10(15)5-7-11/h4-7H,2-3,8,17H2,1H3. The van der Waals surface area contributed by atoms with Gasteiger partial charge in [0.25, 0.3) is 5.88 Å². The van der Waals surface area contributed by atoms with Crippen molar-refractivity contribution < 1.29 is 4.74 Å². The van der Waals surface area contributed by atoms with Crippen LogP contribution >= 0.6 is 15.9 Å². The second-order valence-corrected chi connectivity index (χ2v) is 5.18. The maximum Gasteiger partial charge on any atom is 0.253 e. The van der Waals surface area contributed by atoms with Crippen molar-refractivity contribution in [3.63, 3.8) is 0 Å². The number of benzene rings is 1. The maximum absolute atomic E-state index is 9.19. The lowest BCUT2D eigenvalue weighted by Gasteiger charge is -2.03. The summed E-state index contributed by atoms with van der Waals surface area (Å²) < 4.78 is 8.02. The van der Waals surface area contributed by atoms with Crippen LogP contribution in [0.1, 0.15) is 25.3 Å². The van der Waals surface area contributed by atoms with Gasteiger partial charge in [-0.05, 0) is 30.7 Å². The third-order valence-corrected chi connectivity index (χ3v) is 3.34. The van der Waals surface area contributed by atoms with Crippen LogP contribution in [0.15, 0.2) is 28.7 Å². The van der Waals surface area contributed by atoms with Crippen LogP contribution in [0.4, 0.5) is 5.82 Å². The van der Waals surface area contributed by atoms with E-state index in [0.717, 1.165) is 23.0 Å². The van der Waals surface area contributed by atoms with E-state index in [9.17, 15) is 5.26 Å². The highest BCUT2D eigenvalue weighted by atomic mass is 79.9. The molecule has 2 rings (SSSR count). The predicted molar refractivity (Wildman–Crippen MR) is 80.8 cm³/mol. The van der Waals surface area contributed by atoms with Gasteiger partial charge in [-0.15, -0.1) is 5.10 Å². The number of nitriles is 1. The van der Waals surface area contributed by atoms with Gasteiger partial charge in [-0.25, -0.2) is 4.68 Å². The van der Waals surface area contributed by atoms with Crippen LogP contribution in [0.5, 0.6) is 5.88 Å². The smallest absolute Gasteiger partial charge is 0.253 e. The van der Waals surface area contributed by atoms with Gasteiger partial charge in [0.15, 0.2) is 5.56 Å². The summed E-state index contributed by atoms with van der Waals surface area (Å²) in [4.78, 5) is 0. The van der Waals surface area contributed by atoms with E-state index in [1.807, 2.05) is 30.3 Å². The molecule has 0 fully saturated rings. The Morgan fingerprint density at radius 1 is 1.40 bits per heavy atom. The molecule has 0 saturated heterocycles. The van der Waals surface area contributed by atoms with Crippen molar-refractivity contribution in [2.45, 2.75) is 19.8 Å². The molecule has 0 aliphatic heterocycles. The fourth-order valence-corrected chi connectivity index (χ4v) is 1.97. The van der Waals surface area contributed by atoms with Crippen LogP contribution < -0.4 is 10.5 Å². The van der Waals surface area contributed by atoms with E-state index in [1.54, 1.807) is 0 Å². The number of nitrogens with two attached hydrogens (primary N) is 1. The fourth-order valence-electron chi connectivity index (χ4n) is 1.71. The summed E-state index contributed by atoms with van der Waals surface area (Å²) in [7, 11) is 0. The summed E-state index contributed by atoms with van der Waals surface area (Å²) in [6, 6.07) is 9.56. The van der Waals surface area contributed by atoms with Crippen LogP contribution in [-0.2, 0) is 0 Å². The van der Waals surface area contributed by atoms with Crippen molar-refractivity contribution in [2.75, 3.05) is 12.3 Å². The third kappa shape index (κ3) is 2.94. The van der Waals surface area contributed by atoms with E-state index in [0.29, 0.717) is 18.3 Å². The molecule has 0 atom stereocenters. The first-order valence-electron chi connectivity index (χ1n) is 6.34. The number of hydrogen-bond acceptors (Lipinski definition) is 4. The number of nitrogens with zero attached hydrogens (tertiary/aromatic N) is 3. The van der Waals surface area contributed by atoms with Crippen molar-refractivity contribution in [1.82, 2.24) is 9.78 Å². The molecule has 20 heavy (non-hydrogen) atoms. The molecule has 0 bridgehead atoms. The van der Waals surface area contributed by atoms with E-state index in [-0.39, 0.29) is 5.56 Å². The molecular formula is C14H15BrN4O. The lowest BCUT2D eigenvalue weighted by molar-refractivity contribution is 0.295.